The van der Waals surface area contributed by atoms with Crippen molar-refractivity contribution in [3.8, 4) is 16.9 Å². The van der Waals surface area contributed by atoms with Crippen molar-refractivity contribution in [2.45, 2.75) is 0 Å². The molecule has 0 aliphatic rings. The van der Waals surface area contributed by atoms with E-state index < -0.39 is 0 Å². The Morgan fingerprint density at radius 3 is 2.62 bits per heavy atom. The predicted molar refractivity (Wildman–Crippen MR) is 84.7 cm³/mol. The molecule has 0 heterocycles. The van der Waals surface area contributed by atoms with Crippen molar-refractivity contribution in [2.75, 3.05) is 38.7 Å². The molecule has 4 nitrogen and oxygen atoms in total. The molecular formula is C16H20FN3O. The molecule has 0 atom stereocenters. The first-order valence-corrected chi connectivity index (χ1v) is 6.70. The van der Waals surface area contributed by atoms with Crippen LogP contribution in [0.5, 0.6) is 5.75 Å². The molecule has 0 unspecified atom stereocenters. The van der Waals surface area contributed by atoms with Gasteiger partial charge in [0, 0.05) is 18.2 Å². The van der Waals surface area contributed by atoms with Crippen molar-refractivity contribution in [2.24, 2.45) is 0 Å². The fourth-order valence-corrected chi connectivity index (χ4v) is 1.98. The Balaban J connectivity index is 2.28. The molecular weight excluding hydrogens is 269 g/mol. The lowest BCUT2D eigenvalue weighted by Crippen LogP contribution is -2.19. The van der Waals surface area contributed by atoms with Crippen LogP contribution in [0.15, 0.2) is 36.4 Å². The summed E-state index contributed by atoms with van der Waals surface area (Å²) in [5.74, 6) is 0.114. The summed E-state index contributed by atoms with van der Waals surface area (Å²) in [6.45, 7) is 1.24. The maximum atomic E-state index is 13.8. The summed E-state index contributed by atoms with van der Waals surface area (Å²) >= 11 is 0. The lowest BCUT2D eigenvalue weighted by molar-refractivity contribution is 0.260. The topological polar surface area (TPSA) is 64.5 Å². The van der Waals surface area contributed by atoms with Crippen molar-refractivity contribution in [1.29, 1.82) is 0 Å². The van der Waals surface area contributed by atoms with E-state index in [0.29, 0.717) is 34.9 Å². The van der Waals surface area contributed by atoms with Crippen LogP contribution in [0.2, 0.25) is 0 Å². The molecule has 4 N–H and O–H groups in total. The highest BCUT2D eigenvalue weighted by Gasteiger charge is 2.09. The number of benzene rings is 2. The molecule has 112 valence electrons. The van der Waals surface area contributed by atoms with Gasteiger partial charge in [0.2, 0.25) is 0 Å². The number of halogens is 1. The maximum absolute atomic E-state index is 13.8. The van der Waals surface area contributed by atoms with Gasteiger partial charge in [-0.25, -0.2) is 4.39 Å². The van der Waals surface area contributed by atoms with Crippen molar-refractivity contribution < 1.29 is 9.13 Å². The lowest BCUT2D eigenvalue weighted by atomic mass is 10.0. The fraction of sp³-hybridized carbons (Fsp3) is 0.250. The number of likely N-dealkylation sites (N-methyl/N-ethyl adjacent to an activating group) is 1. The maximum Gasteiger partial charge on any atom is 0.127 e. The molecule has 2 rings (SSSR count). The summed E-state index contributed by atoms with van der Waals surface area (Å²) in [5.41, 5.74) is 14.0. The number of nitrogens with zero attached hydrogens (tertiary/aromatic N) is 1. The second-order valence-corrected chi connectivity index (χ2v) is 5.14. The molecule has 0 bridgehead atoms. The van der Waals surface area contributed by atoms with E-state index in [0.717, 1.165) is 6.54 Å². The van der Waals surface area contributed by atoms with E-state index in [-0.39, 0.29) is 5.82 Å². The van der Waals surface area contributed by atoms with Crippen LogP contribution in [-0.4, -0.2) is 32.1 Å². The second-order valence-electron chi connectivity index (χ2n) is 5.14. The van der Waals surface area contributed by atoms with Gasteiger partial charge in [0.05, 0.1) is 11.4 Å². The van der Waals surface area contributed by atoms with Gasteiger partial charge >= 0.3 is 0 Å². The number of rotatable bonds is 5. The summed E-state index contributed by atoms with van der Waals surface area (Å²) < 4.78 is 19.3. The number of hydrogen-bond acceptors (Lipinski definition) is 4. The van der Waals surface area contributed by atoms with Gasteiger partial charge in [0.25, 0.3) is 0 Å². The lowest BCUT2D eigenvalue weighted by Gasteiger charge is -2.13. The first-order valence-electron chi connectivity index (χ1n) is 6.70. The summed E-state index contributed by atoms with van der Waals surface area (Å²) in [6.07, 6.45) is 0. The Kier molecular flexibility index (Phi) is 4.65. The zero-order chi connectivity index (χ0) is 15.4. The van der Waals surface area contributed by atoms with Crippen molar-refractivity contribution in [1.82, 2.24) is 4.90 Å². The number of nitrogens with two attached hydrogens (primary N) is 2. The molecule has 0 amide bonds. The highest BCUT2D eigenvalue weighted by atomic mass is 19.1. The molecule has 5 heteroatoms. The zero-order valence-corrected chi connectivity index (χ0v) is 12.3. The summed E-state index contributed by atoms with van der Waals surface area (Å²) in [7, 11) is 3.90. The molecule has 0 spiro atoms. The van der Waals surface area contributed by atoms with Gasteiger partial charge in [0.1, 0.15) is 18.2 Å². The normalized spacial score (nSPS) is 10.9. The molecule has 0 saturated carbocycles. The van der Waals surface area contributed by atoms with Gasteiger partial charge in [-0.15, -0.1) is 0 Å². The van der Waals surface area contributed by atoms with Gasteiger partial charge in [-0.1, -0.05) is 12.1 Å². The van der Waals surface area contributed by atoms with Crippen LogP contribution in [0.3, 0.4) is 0 Å². The molecule has 2 aromatic rings. The average Bonchev–Trinajstić information content (AvgIpc) is 2.41. The van der Waals surface area contributed by atoms with Gasteiger partial charge in [0.15, 0.2) is 0 Å². The predicted octanol–water partition coefficient (Wildman–Crippen LogP) is 2.60. The highest BCUT2D eigenvalue weighted by molar-refractivity contribution is 5.84. The van der Waals surface area contributed by atoms with Crippen LogP contribution in [0.25, 0.3) is 11.1 Å². The first kappa shape index (κ1) is 15.1. The van der Waals surface area contributed by atoms with E-state index in [9.17, 15) is 4.39 Å². The summed E-state index contributed by atoms with van der Waals surface area (Å²) in [5, 5.41) is 0. The molecule has 0 aromatic heterocycles. The van der Waals surface area contributed by atoms with Crippen LogP contribution in [-0.2, 0) is 0 Å². The minimum Gasteiger partial charge on any atom is -0.492 e. The molecule has 0 radical (unpaired) electrons. The van der Waals surface area contributed by atoms with Gasteiger partial charge < -0.3 is 21.1 Å². The van der Waals surface area contributed by atoms with Crippen molar-refractivity contribution >= 4 is 11.4 Å². The third-order valence-electron chi connectivity index (χ3n) is 3.13. The minimum atomic E-state index is -0.367. The third-order valence-corrected chi connectivity index (χ3v) is 3.13. The van der Waals surface area contributed by atoms with Gasteiger partial charge in [-0.05, 0) is 37.9 Å². The van der Waals surface area contributed by atoms with Crippen LogP contribution in [0, 0.1) is 5.82 Å². The Hall–Kier alpha value is -2.27. The number of para-hydroxylation sites is 1. The van der Waals surface area contributed by atoms with Crippen LogP contribution in [0.1, 0.15) is 0 Å². The quantitative estimate of drug-likeness (QED) is 0.830. The summed E-state index contributed by atoms with van der Waals surface area (Å²) in [4.78, 5) is 2.00. The van der Waals surface area contributed by atoms with E-state index in [4.69, 9.17) is 16.2 Å². The first-order chi connectivity index (χ1) is 9.97. The second kappa shape index (κ2) is 6.45. The molecule has 0 fully saturated rings. The monoisotopic (exact) mass is 289 g/mol. The van der Waals surface area contributed by atoms with Crippen molar-refractivity contribution in [3.63, 3.8) is 0 Å². The van der Waals surface area contributed by atoms with E-state index in [1.807, 2.05) is 25.1 Å². The number of ether oxygens (including phenoxy) is 1. The Bertz CT molecular complexity index is 629. The zero-order valence-electron chi connectivity index (χ0n) is 12.3. The van der Waals surface area contributed by atoms with Crippen molar-refractivity contribution in [3.05, 3.63) is 42.2 Å². The Morgan fingerprint density at radius 1 is 1.14 bits per heavy atom. The highest BCUT2D eigenvalue weighted by Crippen LogP contribution is 2.32. The number of anilines is 2. The molecule has 0 saturated heterocycles. The van der Waals surface area contributed by atoms with Gasteiger partial charge in [-0.3, -0.25) is 0 Å². The Morgan fingerprint density at radius 2 is 1.90 bits per heavy atom. The van der Waals surface area contributed by atoms with Crippen LogP contribution < -0.4 is 16.2 Å². The summed E-state index contributed by atoms with van der Waals surface area (Å²) in [6, 6.07) is 9.87. The minimum absolute atomic E-state index is 0.367. The SMILES string of the molecule is CN(C)CCOc1cc(F)cc(-c2cccc(N)c2N)c1. The largest absolute Gasteiger partial charge is 0.492 e. The molecule has 2 aromatic carbocycles. The van der Waals surface area contributed by atoms with Gasteiger partial charge in [-0.2, -0.15) is 0 Å². The number of nitrogen functional groups attached to an aromatic ring is 2. The van der Waals surface area contributed by atoms with Crippen LogP contribution in [0.4, 0.5) is 15.8 Å². The van der Waals surface area contributed by atoms with E-state index in [1.54, 1.807) is 18.2 Å². The Labute approximate surface area is 124 Å². The van der Waals surface area contributed by atoms with E-state index >= 15 is 0 Å². The molecule has 21 heavy (non-hydrogen) atoms. The van der Waals surface area contributed by atoms with Crippen LogP contribution >= 0.6 is 0 Å². The standard InChI is InChI=1S/C16H20FN3O/c1-20(2)6-7-21-13-9-11(8-12(17)10-13)14-4-3-5-15(18)16(14)19/h3-5,8-10H,6-7,18-19H2,1-2H3. The average molecular weight is 289 g/mol. The third kappa shape index (κ3) is 3.86. The van der Waals surface area contributed by atoms with E-state index in [2.05, 4.69) is 0 Å². The fourth-order valence-electron chi connectivity index (χ4n) is 1.98. The molecule has 0 aliphatic carbocycles. The number of hydrogen-bond donors (Lipinski definition) is 2. The smallest absolute Gasteiger partial charge is 0.127 e. The van der Waals surface area contributed by atoms with E-state index in [1.165, 1.54) is 12.1 Å². The molecule has 0 aliphatic heterocycles.